The van der Waals surface area contributed by atoms with Crippen LogP contribution in [0.1, 0.15) is 34.6 Å². The molecule has 1 atom stereocenters. The lowest BCUT2D eigenvalue weighted by atomic mass is 10.1. The molecule has 0 fully saturated rings. The third kappa shape index (κ3) is 4.94. The van der Waals surface area contributed by atoms with E-state index in [2.05, 4.69) is 5.32 Å². The Labute approximate surface area is 99.3 Å². The number of ether oxygens (including phenoxy) is 1. The van der Waals surface area contributed by atoms with Gasteiger partial charge in [0.05, 0.1) is 11.6 Å². The van der Waals surface area contributed by atoms with Gasteiger partial charge in [-0.25, -0.2) is 0 Å². The van der Waals surface area contributed by atoms with Crippen LogP contribution in [0.4, 0.5) is 0 Å². The third-order valence-electron chi connectivity index (χ3n) is 2.83. The summed E-state index contributed by atoms with van der Waals surface area (Å²) in [6.45, 7) is 12.1. The molecule has 0 heterocycles. The first-order chi connectivity index (χ1) is 7.37. The number of carbonyl (C=O) groups is 1. The van der Waals surface area contributed by atoms with Gasteiger partial charge in [-0.2, -0.15) is 0 Å². The largest absolute Gasteiger partial charge is 0.377 e. The quantitative estimate of drug-likeness (QED) is 0.716. The molecule has 0 saturated heterocycles. The van der Waals surface area contributed by atoms with Crippen LogP contribution in [-0.2, 0) is 9.53 Å². The topological polar surface area (TPSA) is 41.6 Å². The molecule has 0 saturated carbocycles. The average Bonchev–Trinajstić information content (AvgIpc) is 2.27. The van der Waals surface area contributed by atoms with E-state index in [1.54, 1.807) is 7.11 Å². The summed E-state index contributed by atoms with van der Waals surface area (Å²) in [5, 5.41) is 3.21. The van der Waals surface area contributed by atoms with E-state index in [-0.39, 0.29) is 17.6 Å². The first-order valence-electron chi connectivity index (χ1n) is 5.95. The highest BCUT2D eigenvalue weighted by atomic mass is 16.5. The highest BCUT2D eigenvalue weighted by Gasteiger charge is 2.22. The molecule has 16 heavy (non-hydrogen) atoms. The van der Waals surface area contributed by atoms with Gasteiger partial charge in [-0.15, -0.1) is 0 Å². The molecule has 0 aromatic carbocycles. The fraction of sp³-hybridized carbons (Fsp3) is 0.917. The molecule has 0 aliphatic heterocycles. The molecule has 0 aromatic rings. The molecule has 4 nitrogen and oxygen atoms in total. The highest BCUT2D eigenvalue weighted by molar-refractivity contribution is 5.81. The Morgan fingerprint density at radius 3 is 2.25 bits per heavy atom. The summed E-state index contributed by atoms with van der Waals surface area (Å²) in [5.74, 6) is 0.150. The number of hydrogen-bond donors (Lipinski definition) is 1. The number of hydrogen-bond acceptors (Lipinski definition) is 3. The summed E-state index contributed by atoms with van der Waals surface area (Å²) >= 11 is 0. The van der Waals surface area contributed by atoms with Crippen LogP contribution in [0.25, 0.3) is 0 Å². The van der Waals surface area contributed by atoms with E-state index in [9.17, 15) is 4.79 Å². The van der Waals surface area contributed by atoms with Crippen molar-refractivity contribution in [2.24, 2.45) is 0 Å². The summed E-state index contributed by atoms with van der Waals surface area (Å²) < 4.78 is 5.29. The SMILES string of the molecule is CCN(CC)C(=O)C(C)NCC(C)(C)OC. The van der Waals surface area contributed by atoms with E-state index in [1.807, 2.05) is 39.5 Å². The number of carbonyl (C=O) groups excluding carboxylic acids is 1. The Morgan fingerprint density at radius 2 is 1.88 bits per heavy atom. The number of nitrogens with one attached hydrogen (secondary N) is 1. The zero-order valence-electron chi connectivity index (χ0n) is 11.5. The lowest BCUT2D eigenvalue weighted by Gasteiger charge is -2.28. The van der Waals surface area contributed by atoms with Crippen molar-refractivity contribution in [3.8, 4) is 0 Å². The van der Waals surface area contributed by atoms with E-state index in [0.717, 1.165) is 13.1 Å². The van der Waals surface area contributed by atoms with Crippen LogP contribution in [-0.4, -0.2) is 49.2 Å². The maximum absolute atomic E-state index is 11.9. The zero-order chi connectivity index (χ0) is 12.8. The maximum atomic E-state index is 11.9. The van der Waals surface area contributed by atoms with Crippen molar-refractivity contribution < 1.29 is 9.53 Å². The molecule has 0 radical (unpaired) electrons. The standard InChI is InChI=1S/C12H26N2O2/c1-7-14(8-2)11(15)10(3)13-9-12(4,5)16-6/h10,13H,7-9H2,1-6H3. The molecule has 0 aliphatic carbocycles. The Balaban J connectivity index is 4.15. The Hall–Kier alpha value is -0.610. The summed E-state index contributed by atoms with van der Waals surface area (Å²) in [6, 6.07) is -0.158. The fourth-order valence-corrected chi connectivity index (χ4v) is 1.37. The maximum Gasteiger partial charge on any atom is 0.239 e. The lowest BCUT2D eigenvalue weighted by Crippen LogP contribution is -2.49. The van der Waals surface area contributed by atoms with Crippen LogP contribution in [0.15, 0.2) is 0 Å². The van der Waals surface area contributed by atoms with Crippen molar-refractivity contribution in [1.82, 2.24) is 10.2 Å². The molecular weight excluding hydrogens is 204 g/mol. The molecule has 1 N–H and O–H groups in total. The van der Waals surface area contributed by atoms with Crippen LogP contribution < -0.4 is 5.32 Å². The van der Waals surface area contributed by atoms with E-state index in [0.29, 0.717) is 6.54 Å². The van der Waals surface area contributed by atoms with Gasteiger partial charge in [0.15, 0.2) is 0 Å². The number of rotatable bonds is 7. The fourth-order valence-electron chi connectivity index (χ4n) is 1.37. The molecular formula is C12H26N2O2. The number of amides is 1. The first kappa shape index (κ1) is 15.4. The predicted octanol–water partition coefficient (Wildman–Crippen LogP) is 1.26. The van der Waals surface area contributed by atoms with Crippen molar-refractivity contribution in [1.29, 1.82) is 0 Å². The van der Waals surface area contributed by atoms with Crippen molar-refractivity contribution >= 4 is 5.91 Å². The van der Waals surface area contributed by atoms with Crippen LogP contribution in [0.3, 0.4) is 0 Å². The minimum absolute atomic E-state index is 0.150. The lowest BCUT2D eigenvalue weighted by molar-refractivity contribution is -0.132. The van der Waals surface area contributed by atoms with Crippen molar-refractivity contribution in [2.45, 2.75) is 46.3 Å². The molecule has 0 spiro atoms. The van der Waals surface area contributed by atoms with Crippen LogP contribution in [0.5, 0.6) is 0 Å². The molecule has 0 aromatic heterocycles. The van der Waals surface area contributed by atoms with E-state index in [4.69, 9.17) is 4.74 Å². The molecule has 1 unspecified atom stereocenters. The van der Waals surface area contributed by atoms with E-state index >= 15 is 0 Å². The summed E-state index contributed by atoms with van der Waals surface area (Å²) in [7, 11) is 1.68. The van der Waals surface area contributed by atoms with Crippen molar-refractivity contribution in [3.63, 3.8) is 0 Å². The van der Waals surface area contributed by atoms with Crippen molar-refractivity contribution in [3.05, 3.63) is 0 Å². The van der Waals surface area contributed by atoms with Crippen LogP contribution in [0, 0.1) is 0 Å². The summed E-state index contributed by atoms with van der Waals surface area (Å²) in [6.07, 6.45) is 0. The molecule has 96 valence electrons. The molecule has 1 amide bonds. The summed E-state index contributed by atoms with van der Waals surface area (Å²) in [5.41, 5.74) is -0.238. The normalized spacial score (nSPS) is 13.6. The monoisotopic (exact) mass is 230 g/mol. The van der Waals surface area contributed by atoms with Gasteiger partial charge < -0.3 is 15.0 Å². The molecule has 4 heteroatoms. The number of nitrogens with zero attached hydrogens (tertiary/aromatic N) is 1. The Bertz CT molecular complexity index is 213. The van der Waals surface area contributed by atoms with Gasteiger partial charge in [0.1, 0.15) is 0 Å². The smallest absolute Gasteiger partial charge is 0.239 e. The second-order valence-corrected chi connectivity index (χ2v) is 4.58. The summed E-state index contributed by atoms with van der Waals surface area (Å²) in [4.78, 5) is 13.8. The first-order valence-corrected chi connectivity index (χ1v) is 5.95. The van der Waals surface area contributed by atoms with Gasteiger partial charge >= 0.3 is 0 Å². The second-order valence-electron chi connectivity index (χ2n) is 4.58. The molecule has 0 aliphatic rings. The average molecular weight is 230 g/mol. The number of likely N-dealkylation sites (N-methyl/N-ethyl adjacent to an activating group) is 1. The second kappa shape index (κ2) is 6.86. The van der Waals surface area contributed by atoms with E-state index < -0.39 is 0 Å². The molecule has 0 bridgehead atoms. The van der Waals surface area contributed by atoms with Gasteiger partial charge in [0.2, 0.25) is 5.91 Å². The van der Waals surface area contributed by atoms with Crippen LogP contribution in [0.2, 0.25) is 0 Å². The zero-order valence-corrected chi connectivity index (χ0v) is 11.5. The van der Waals surface area contributed by atoms with Gasteiger partial charge in [-0.05, 0) is 34.6 Å². The Morgan fingerprint density at radius 1 is 1.38 bits per heavy atom. The van der Waals surface area contributed by atoms with Gasteiger partial charge in [0.25, 0.3) is 0 Å². The molecule has 0 rings (SSSR count). The predicted molar refractivity (Wildman–Crippen MR) is 66.5 cm³/mol. The van der Waals surface area contributed by atoms with E-state index in [1.165, 1.54) is 0 Å². The van der Waals surface area contributed by atoms with Crippen molar-refractivity contribution in [2.75, 3.05) is 26.7 Å². The van der Waals surface area contributed by atoms with Gasteiger partial charge in [0, 0.05) is 26.7 Å². The highest BCUT2D eigenvalue weighted by Crippen LogP contribution is 2.05. The number of methoxy groups -OCH3 is 1. The minimum atomic E-state index is -0.238. The Kier molecular flexibility index (Phi) is 6.60. The van der Waals surface area contributed by atoms with Crippen LogP contribution >= 0.6 is 0 Å². The minimum Gasteiger partial charge on any atom is -0.377 e. The van der Waals surface area contributed by atoms with Gasteiger partial charge in [-0.1, -0.05) is 0 Å². The van der Waals surface area contributed by atoms with Gasteiger partial charge in [-0.3, -0.25) is 4.79 Å². The third-order valence-corrected chi connectivity index (χ3v) is 2.83.